The summed E-state index contributed by atoms with van der Waals surface area (Å²) >= 11 is 5.00. The van der Waals surface area contributed by atoms with E-state index in [0.29, 0.717) is 5.82 Å². The molecular formula is C12H14BrN3S. The number of rotatable bonds is 3. The lowest BCUT2D eigenvalue weighted by Crippen LogP contribution is -2.16. The molecule has 0 saturated heterocycles. The molecule has 0 atom stereocenters. The maximum Gasteiger partial charge on any atom is 0.142 e. The van der Waals surface area contributed by atoms with E-state index in [1.165, 1.54) is 17.1 Å². The normalized spacial score (nSPS) is 10.5. The molecular weight excluding hydrogens is 298 g/mol. The molecule has 1 heterocycles. The first-order chi connectivity index (χ1) is 8.09. The summed E-state index contributed by atoms with van der Waals surface area (Å²) < 4.78 is 5.29. The lowest BCUT2D eigenvalue weighted by molar-refractivity contribution is 0.926. The van der Waals surface area contributed by atoms with Gasteiger partial charge >= 0.3 is 0 Å². The predicted molar refractivity (Wildman–Crippen MR) is 77.5 cm³/mol. The van der Waals surface area contributed by atoms with E-state index in [-0.39, 0.29) is 0 Å². The number of nitrogens with zero attached hydrogens (tertiary/aromatic N) is 2. The molecule has 0 radical (unpaired) electrons. The number of hydrogen-bond acceptors (Lipinski definition) is 4. The van der Waals surface area contributed by atoms with Crippen molar-refractivity contribution in [2.75, 3.05) is 17.7 Å². The molecule has 17 heavy (non-hydrogen) atoms. The third-order valence-electron chi connectivity index (χ3n) is 2.65. The molecule has 0 aliphatic heterocycles. The van der Waals surface area contributed by atoms with Crippen LogP contribution in [0.5, 0.6) is 0 Å². The maximum atomic E-state index is 5.77. The minimum Gasteiger partial charge on any atom is -0.383 e. The zero-order valence-electron chi connectivity index (χ0n) is 9.77. The molecule has 90 valence electrons. The standard InChI is InChI=1S/C12H14BrN3S/c1-8-11(14)15-17-12(8)16(2)7-9-5-3-4-6-10(9)13/h3-6H,7H2,1-2H3,(H2,14,15). The third kappa shape index (κ3) is 2.61. The van der Waals surface area contributed by atoms with Crippen LogP contribution in [0.15, 0.2) is 28.7 Å². The van der Waals surface area contributed by atoms with Crippen LogP contribution in [0, 0.1) is 6.92 Å². The molecule has 0 fully saturated rings. The molecule has 0 saturated carbocycles. The average molecular weight is 312 g/mol. The first-order valence-corrected chi connectivity index (χ1v) is 6.82. The van der Waals surface area contributed by atoms with Gasteiger partial charge in [-0.2, -0.15) is 4.37 Å². The minimum atomic E-state index is 0.629. The van der Waals surface area contributed by atoms with Gasteiger partial charge in [-0.1, -0.05) is 34.1 Å². The van der Waals surface area contributed by atoms with Crippen LogP contribution in [-0.2, 0) is 6.54 Å². The van der Waals surface area contributed by atoms with E-state index in [2.05, 4.69) is 44.4 Å². The van der Waals surface area contributed by atoms with E-state index < -0.39 is 0 Å². The molecule has 2 aromatic rings. The fraction of sp³-hybridized carbons (Fsp3) is 0.250. The topological polar surface area (TPSA) is 42.1 Å². The molecule has 0 aliphatic carbocycles. The molecule has 5 heteroatoms. The van der Waals surface area contributed by atoms with Crippen molar-refractivity contribution in [3.8, 4) is 0 Å². The van der Waals surface area contributed by atoms with Gasteiger partial charge in [0.05, 0.1) is 0 Å². The van der Waals surface area contributed by atoms with E-state index in [0.717, 1.165) is 21.6 Å². The van der Waals surface area contributed by atoms with Gasteiger partial charge in [-0.05, 0) is 30.1 Å². The van der Waals surface area contributed by atoms with Gasteiger partial charge in [0, 0.05) is 23.6 Å². The van der Waals surface area contributed by atoms with E-state index in [9.17, 15) is 0 Å². The van der Waals surface area contributed by atoms with Gasteiger partial charge in [0.2, 0.25) is 0 Å². The van der Waals surface area contributed by atoms with Gasteiger partial charge in [-0.3, -0.25) is 0 Å². The lowest BCUT2D eigenvalue weighted by Gasteiger charge is -2.18. The zero-order chi connectivity index (χ0) is 12.4. The quantitative estimate of drug-likeness (QED) is 0.944. The fourth-order valence-corrected chi connectivity index (χ4v) is 2.83. The van der Waals surface area contributed by atoms with Crippen molar-refractivity contribution in [1.82, 2.24) is 4.37 Å². The van der Waals surface area contributed by atoms with Crippen molar-refractivity contribution in [2.45, 2.75) is 13.5 Å². The van der Waals surface area contributed by atoms with Crippen molar-refractivity contribution in [2.24, 2.45) is 0 Å². The van der Waals surface area contributed by atoms with Crippen molar-refractivity contribution in [3.63, 3.8) is 0 Å². The second-order valence-corrected chi connectivity index (χ2v) is 5.55. The highest BCUT2D eigenvalue weighted by Crippen LogP contribution is 2.30. The third-order valence-corrected chi connectivity index (χ3v) is 4.50. The van der Waals surface area contributed by atoms with E-state index in [1.807, 2.05) is 19.1 Å². The summed E-state index contributed by atoms with van der Waals surface area (Å²) in [6.07, 6.45) is 0. The summed E-state index contributed by atoms with van der Waals surface area (Å²) in [5.74, 6) is 0.629. The van der Waals surface area contributed by atoms with Crippen LogP contribution < -0.4 is 10.6 Å². The first kappa shape index (κ1) is 12.4. The fourth-order valence-electron chi connectivity index (χ4n) is 1.65. The van der Waals surface area contributed by atoms with Crippen LogP contribution >= 0.6 is 27.5 Å². The van der Waals surface area contributed by atoms with Gasteiger partial charge < -0.3 is 10.6 Å². The second-order valence-electron chi connectivity index (χ2n) is 3.95. The van der Waals surface area contributed by atoms with Gasteiger partial charge in [-0.25, -0.2) is 0 Å². The molecule has 2 N–H and O–H groups in total. The smallest absolute Gasteiger partial charge is 0.142 e. The average Bonchev–Trinajstić information content (AvgIpc) is 2.63. The number of benzene rings is 1. The molecule has 1 aromatic heterocycles. The Kier molecular flexibility index (Phi) is 3.69. The number of halogens is 1. The summed E-state index contributed by atoms with van der Waals surface area (Å²) in [5.41, 5.74) is 8.08. The molecule has 0 aliphatic rings. The summed E-state index contributed by atoms with van der Waals surface area (Å²) in [7, 11) is 2.05. The summed E-state index contributed by atoms with van der Waals surface area (Å²) in [4.78, 5) is 2.17. The van der Waals surface area contributed by atoms with Crippen LogP contribution in [0.3, 0.4) is 0 Å². The summed E-state index contributed by atoms with van der Waals surface area (Å²) in [6, 6.07) is 8.22. The van der Waals surface area contributed by atoms with Crippen LogP contribution in [0.2, 0.25) is 0 Å². The maximum absolute atomic E-state index is 5.77. The Balaban J connectivity index is 2.20. The molecule has 2 rings (SSSR count). The molecule has 0 spiro atoms. The SMILES string of the molecule is Cc1c(N)nsc1N(C)Cc1ccccc1Br. The van der Waals surface area contributed by atoms with Crippen LogP contribution in [0.4, 0.5) is 10.8 Å². The summed E-state index contributed by atoms with van der Waals surface area (Å²) in [5, 5.41) is 1.12. The molecule has 0 amide bonds. The Morgan fingerprint density at radius 3 is 2.71 bits per heavy atom. The van der Waals surface area contributed by atoms with Crippen molar-refractivity contribution < 1.29 is 0 Å². The highest BCUT2D eigenvalue weighted by Gasteiger charge is 2.12. The van der Waals surface area contributed by atoms with E-state index in [1.54, 1.807) is 0 Å². The first-order valence-electron chi connectivity index (χ1n) is 5.26. The van der Waals surface area contributed by atoms with Gasteiger partial charge in [0.15, 0.2) is 0 Å². The molecule has 0 unspecified atom stereocenters. The van der Waals surface area contributed by atoms with E-state index in [4.69, 9.17) is 5.73 Å². The molecule has 1 aromatic carbocycles. The monoisotopic (exact) mass is 311 g/mol. The second kappa shape index (κ2) is 5.06. The van der Waals surface area contributed by atoms with Gasteiger partial charge in [0.25, 0.3) is 0 Å². The molecule has 0 bridgehead atoms. The lowest BCUT2D eigenvalue weighted by atomic mass is 10.2. The van der Waals surface area contributed by atoms with Crippen LogP contribution in [0.1, 0.15) is 11.1 Å². The number of hydrogen-bond donors (Lipinski definition) is 1. The highest BCUT2D eigenvalue weighted by atomic mass is 79.9. The van der Waals surface area contributed by atoms with Crippen LogP contribution in [-0.4, -0.2) is 11.4 Å². The Bertz CT molecular complexity index is 524. The Hall–Kier alpha value is -1.07. The molecule has 3 nitrogen and oxygen atoms in total. The van der Waals surface area contributed by atoms with Gasteiger partial charge in [0.1, 0.15) is 10.8 Å². The Morgan fingerprint density at radius 1 is 1.41 bits per heavy atom. The highest BCUT2D eigenvalue weighted by molar-refractivity contribution is 9.10. The predicted octanol–water partition coefficient (Wildman–Crippen LogP) is 3.43. The van der Waals surface area contributed by atoms with Gasteiger partial charge in [-0.15, -0.1) is 0 Å². The minimum absolute atomic E-state index is 0.629. The van der Waals surface area contributed by atoms with Crippen LogP contribution in [0.25, 0.3) is 0 Å². The van der Waals surface area contributed by atoms with Crippen molar-refractivity contribution >= 4 is 38.3 Å². The summed E-state index contributed by atoms with van der Waals surface area (Å²) in [6.45, 7) is 2.84. The Labute approximate surface area is 114 Å². The Morgan fingerprint density at radius 2 is 2.12 bits per heavy atom. The number of nitrogens with two attached hydrogens (primary N) is 1. The largest absolute Gasteiger partial charge is 0.383 e. The van der Waals surface area contributed by atoms with E-state index >= 15 is 0 Å². The van der Waals surface area contributed by atoms with Crippen molar-refractivity contribution in [1.29, 1.82) is 0 Å². The number of aromatic nitrogens is 1. The number of anilines is 2. The van der Waals surface area contributed by atoms with Crippen molar-refractivity contribution in [3.05, 3.63) is 39.9 Å². The zero-order valence-corrected chi connectivity index (χ0v) is 12.2. The number of nitrogen functional groups attached to an aromatic ring is 1.